The Kier molecular flexibility index (Phi) is 12.6. The van der Waals surface area contributed by atoms with Crippen molar-refractivity contribution in [1.82, 2.24) is 5.43 Å². The van der Waals surface area contributed by atoms with E-state index in [9.17, 15) is 0 Å². The Morgan fingerprint density at radius 2 is 2.30 bits per heavy atom. The number of thiol groups is 1. The Balaban J connectivity index is 0. The van der Waals surface area contributed by atoms with E-state index in [2.05, 4.69) is 35.4 Å². The average Bonchev–Trinajstić information content (AvgIpc) is 1.85. The first kappa shape index (κ1) is 11.7. The predicted molar refractivity (Wildman–Crippen MR) is 44.7 cm³/mol. The van der Waals surface area contributed by atoms with E-state index in [0.717, 1.165) is 0 Å². The number of guanidine groups is 1. The van der Waals surface area contributed by atoms with Crippen molar-refractivity contribution in [3.05, 3.63) is 0 Å². The molecule has 7 heteroatoms. The van der Waals surface area contributed by atoms with Gasteiger partial charge < -0.3 is 5.73 Å². The largest absolute Gasteiger partial charge is 0.369 e. The molecule has 0 fully saturated rings. The maximum atomic E-state index is 7.18. The van der Waals surface area contributed by atoms with Gasteiger partial charge in [-0.2, -0.15) is 5.26 Å². The Morgan fingerprint density at radius 1 is 1.90 bits per heavy atom. The van der Waals surface area contributed by atoms with Crippen LogP contribution in [0.25, 0.3) is 0 Å². The molecule has 0 saturated heterocycles. The van der Waals surface area contributed by atoms with Gasteiger partial charge in [-0.3, -0.25) is 5.41 Å². The van der Waals surface area contributed by atoms with Crippen molar-refractivity contribution in [3.63, 3.8) is 0 Å². The molecule has 0 saturated carbocycles. The molecule has 0 aromatic carbocycles. The van der Waals surface area contributed by atoms with Crippen LogP contribution in [0.4, 0.5) is 0 Å². The van der Waals surface area contributed by atoms with Crippen LogP contribution in [0.5, 0.6) is 0 Å². The Bertz CT molecular complexity index is 176. The number of nitrogens with two attached hydrogens (primary N) is 1. The lowest BCUT2D eigenvalue weighted by Gasteiger charge is -1.86. The highest BCUT2D eigenvalue weighted by Crippen LogP contribution is 1.48. The highest BCUT2D eigenvalue weighted by molar-refractivity contribution is 7.85. The van der Waals surface area contributed by atoms with Crippen LogP contribution in [-0.4, -0.2) is 11.1 Å². The number of nitrogens with zero attached hydrogens (tertiary/aromatic N) is 2. The van der Waals surface area contributed by atoms with Gasteiger partial charge >= 0.3 is 0 Å². The number of hydrogen-bond donors (Lipinski definition) is 4. The molecule has 0 aliphatic rings. The van der Waals surface area contributed by atoms with E-state index in [1.54, 1.807) is 0 Å². The minimum atomic E-state index is -0.239. The second kappa shape index (κ2) is 10.8. The van der Waals surface area contributed by atoms with Crippen LogP contribution >= 0.6 is 24.8 Å². The van der Waals surface area contributed by atoms with Crippen LogP contribution < -0.4 is 11.2 Å². The van der Waals surface area contributed by atoms with Crippen LogP contribution in [0.1, 0.15) is 0 Å². The average molecular weight is 175 g/mol. The maximum Gasteiger partial charge on any atom is 0.207 e. The number of hydrazone groups is 1. The number of nitriles is 1. The molecule has 5 nitrogen and oxygen atoms in total. The molecular formula is C3H5N5S2. The number of hydrogen-bond acceptors (Lipinski definition) is 5. The molecule has 0 atom stereocenters. The zero-order valence-corrected chi connectivity index (χ0v) is 6.54. The Hall–Kier alpha value is -1.09. The molecule has 0 heterocycles. The van der Waals surface area contributed by atoms with Gasteiger partial charge in [-0.25, -0.2) is 5.43 Å². The summed E-state index contributed by atoms with van der Waals surface area (Å²) in [7, 11) is 0. The van der Waals surface area contributed by atoms with Gasteiger partial charge in [0.25, 0.3) is 0 Å². The Morgan fingerprint density at radius 3 is 2.40 bits per heavy atom. The van der Waals surface area contributed by atoms with Crippen molar-refractivity contribution >= 4 is 36.0 Å². The SMILES string of the molecule is N#CS.N=C(N)NN=C=S. The minimum absolute atomic E-state index is 0.239. The van der Waals surface area contributed by atoms with E-state index in [1.807, 2.05) is 5.16 Å². The third-order valence-corrected chi connectivity index (χ3v) is 0.313. The number of nitrogens with one attached hydrogen (secondary N) is 2. The quantitative estimate of drug-likeness (QED) is 0.111. The smallest absolute Gasteiger partial charge is 0.207 e. The fourth-order valence-corrected chi connectivity index (χ4v) is 0.129. The fourth-order valence-electron chi connectivity index (χ4n) is 0.0830. The molecule has 0 aromatic rings. The van der Waals surface area contributed by atoms with Crippen molar-refractivity contribution in [2.45, 2.75) is 0 Å². The summed E-state index contributed by atoms with van der Waals surface area (Å²) >= 11 is 7.23. The van der Waals surface area contributed by atoms with Crippen LogP contribution in [0.3, 0.4) is 0 Å². The van der Waals surface area contributed by atoms with Gasteiger partial charge in [0.2, 0.25) is 5.96 Å². The van der Waals surface area contributed by atoms with Crippen molar-refractivity contribution in [2.75, 3.05) is 0 Å². The second-order valence-electron chi connectivity index (χ2n) is 0.829. The highest BCUT2D eigenvalue weighted by atomic mass is 32.1. The first-order valence-electron chi connectivity index (χ1n) is 1.89. The fraction of sp³-hybridized carbons (Fsp3) is 0. The highest BCUT2D eigenvalue weighted by Gasteiger charge is 1.72. The molecule has 0 aliphatic carbocycles. The minimum Gasteiger partial charge on any atom is -0.369 e. The van der Waals surface area contributed by atoms with Gasteiger partial charge in [0.1, 0.15) is 5.40 Å². The monoisotopic (exact) mass is 175 g/mol. The van der Waals surface area contributed by atoms with Crippen molar-refractivity contribution in [1.29, 1.82) is 10.7 Å². The van der Waals surface area contributed by atoms with Gasteiger partial charge in [-0.05, 0) is 12.2 Å². The van der Waals surface area contributed by atoms with Crippen molar-refractivity contribution in [2.24, 2.45) is 10.8 Å². The lowest BCUT2D eigenvalue weighted by Crippen LogP contribution is -2.24. The van der Waals surface area contributed by atoms with E-state index >= 15 is 0 Å². The van der Waals surface area contributed by atoms with Crippen LogP contribution in [-0.2, 0) is 0 Å². The molecule has 4 N–H and O–H groups in total. The molecule has 54 valence electrons. The van der Waals surface area contributed by atoms with E-state index in [1.165, 1.54) is 5.40 Å². The zero-order valence-electron chi connectivity index (χ0n) is 4.83. The first-order chi connectivity index (χ1) is 4.68. The first-order valence-corrected chi connectivity index (χ1v) is 2.74. The summed E-state index contributed by atoms with van der Waals surface area (Å²) in [5.74, 6) is -0.239. The van der Waals surface area contributed by atoms with E-state index < -0.39 is 0 Å². The van der Waals surface area contributed by atoms with Gasteiger partial charge in [-0.1, -0.05) is 12.6 Å². The molecule has 0 unspecified atom stereocenters. The molecular weight excluding hydrogens is 170 g/mol. The molecule has 0 bridgehead atoms. The maximum absolute atomic E-state index is 7.18. The molecule has 0 rings (SSSR count). The summed E-state index contributed by atoms with van der Waals surface area (Å²) in [5, 5.41) is 20.2. The van der Waals surface area contributed by atoms with Gasteiger partial charge in [0.05, 0.1) is 5.16 Å². The lowest BCUT2D eigenvalue weighted by molar-refractivity contribution is 1.01. The van der Waals surface area contributed by atoms with Gasteiger partial charge in [0, 0.05) is 0 Å². The third kappa shape index (κ3) is 28.5. The molecule has 0 aromatic heterocycles. The number of rotatable bonds is 1. The van der Waals surface area contributed by atoms with E-state index in [4.69, 9.17) is 16.4 Å². The summed E-state index contributed by atoms with van der Waals surface area (Å²) in [4.78, 5) is 0. The van der Waals surface area contributed by atoms with Gasteiger partial charge in [-0.15, -0.1) is 5.10 Å². The lowest BCUT2D eigenvalue weighted by atomic mass is 11.1. The Labute approximate surface area is 68.8 Å². The molecule has 0 aliphatic heterocycles. The summed E-state index contributed by atoms with van der Waals surface area (Å²) in [6.45, 7) is 0. The molecule has 10 heavy (non-hydrogen) atoms. The van der Waals surface area contributed by atoms with E-state index in [-0.39, 0.29) is 5.96 Å². The van der Waals surface area contributed by atoms with Crippen LogP contribution in [0, 0.1) is 16.1 Å². The van der Waals surface area contributed by atoms with Crippen LogP contribution in [0.15, 0.2) is 5.10 Å². The van der Waals surface area contributed by atoms with Gasteiger partial charge in [0.15, 0.2) is 0 Å². The summed E-state index contributed by atoms with van der Waals surface area (Å²) in [6, 6.07) is 0. The number of isothiocyanates is 1. The normalized spacial score (nSPS) is 5.20. The third-order valence-electron chi connectivity index (χ3n) is 0.222. The summed E-state index contributed by atoms with van der Waals surface area (Å²) in [6.07, 6.45) is 0. The van der Waals surface area contributed by atoms with E-state index in [0.29, 0.717) is 0 Å². The molecule has 0 amide bonds. The number of thiocyanates is 1. The zero-order chi connectivity index (χ0) is 8.41. The van der Waals surface area contributed by atoms with Crippen molar-refractivity contribution in [3.8, 4) is 5.40 Å². The standard InChI is InChI=1S/C2H4N4S.CHNS/c3-2(4)6-5-1-7;2-1-3/h(H4,3,4,6);3H. The predicted octanol–water partition coefficient (Wildman–Crippen LogP) is -0.115. The topological polar surface area (TPSA) is 98.0 Å². The second-order valence-corrected chi connectivity index (χ2v) is 1.21. The molecule has 0 spiro atoms. The summed E-state index contributed by atoms with van der Waals surface area (Å²) in [5.41, 5.74) is 6.84. The van der Waals surface area contributed by atoms with Crippen molar-refractivity contribution < 1.29 is 0 Å². The number of thiocarbonyl (C=S) groups is 1. The summed E-state index contributed by atoms with van der Waals surface area (Å²) < 4.78 is 0. The van der Waals surface area contributed by atoms with Crippen LogP contribution in [0.2, 0.25) is 0 Å². The molecule has 0 radical (unpaired) electrons.